The highest BCUT2D eigenvalue weighted by molar-refractivity contribution is 5.07. The summed E-state index contributed by atoms with van der Waals surface area (Å²) in [4.78, 5) is 1.38. The minimum Gasteiger partial charge on any atom is -0.297 e. The molecule has 0 aromatic rings. The molecule has 0 spiro atoms. The third kappa shape index (κ3) is 6.79. The van der Waals surface area contributed by atoms with E-state index in [4.69, 9.17) is 0 Å². The van der Waals surface area contributed by atoms with Crippen molar-refractivity contribution in [3.05, 3.63) is 0 Å². The molecule has 1 atom stereocenters. The highest BCUT2D eigenvalue weighted by atomic mass is 19.4. The van der Waals surface area contributed by atoms with E-state index in [1.54, 1.807) is 6.92 Å². The van der Waals surface area contributed by atoms with Crippen LogP contribution in [0.4, 0.5) is 13.2 Å². The Bertz CT molecular complexity index is 320. The molecule has 110 valence electrons. The zero-order chi connectivity index (χ0) is 14.5. The van der Waals surface area contributed by atoms with Gasteiger partial charge in [0.15, 0.2) is 0 Å². The molecule has 0 aromatic heterocycles. The number of rotatable bonds is 8. The third-order valence-electron chi connectivity index (χ3n) is 3.22. The molecule has 0 heterocycles. The first-order valence-electron chi connectivity index (χ1n) is 6.76. The topological polar surface area (TPSA) is 39.1 Å². The lowest BCUT2D eigenvalue weighted by Crippen LogP contribution is -2.46. The largest absolute Gasteiger partial charge is 0.401 e. The van der Waals surface area contributed by atoms with Crippen LogP contribution in [-0.4, -0.2) is 42.3 Å². The van der Waals surface area contributed by atoms with Crippen LogP contribution in [0.3, 0.4) is 0 Å². The zero-order valence-corrected chi connectivity index (χ0v) is 11.6. The van der Waals surface area contributed by atoms with E-state index in [0.29, 0.717) is 25.4 Å². The molecule has 0 saturated heterocycles. The summed E-state index contributed by atoms with van der Waals surface area (Å²) in [5.74, 6) is 0. The van der Waals surface area contributed by atoms with Crippen molar-refractivity contribution >= 4 is 0 Å². The van der Waals surface area contributed by atoms with Crippen molar-refractivity contribution < 1.29 is 13.2 Å². The second-order valence-corrected chi connectivity index (χ2v) is 5.50. The van der Waals surface area contributed by atoms with Gasteiger partial charge in [-0.15, -0.1) is 0 Å². The normalized spacial score (nSPS) is 19.2. The van der Waals surface area contributed by atoms with Crippen molar-refractivity contribution in [2.75, 3.05) is 19.6 Å². The van der Waals surface area contributed by atoms with Gasteiger partial charge in [0.05, 0.1) is 12.6 Å². The maximum atomic E-state index is 12.4. The van der Waals surface area contributed by atoms with E-state index in [0.717, 1.165) is 12.8 Å². The number of alkyl halides is 3. The Labute approximate surface area is 112 Å². The van der Waals surface area contributed by atoms with E-state index in [2.05, 4.69) is 11.4 Å². The number of nitrogens with zero attached hydrogens (tertiary/aromatic N) is 2. The second-order valence-electron chi connectivity index (χ2n) is 5.50. The van der Waals surface area contributed by atoms with E-state index in [-0.39, 0.29) is 6.54 Å². The van der Waals surface area contributed by atoms with Crippen molar-refractivity contribution in [3.63, 3.8) is 0 Å². The third-order valence-corrected chi connectivity index (χ3v) is 3.22. The first-order valence-corrected chi connectivity index (χ1v) is 6.76. The summed E-state index contributed by atoms with van der Waals surface area (Å²) in [6, 6.07) is 2.56. The fourth-order valence-corrected chi connectivity index (χ4v) is 2.06. The molecule has 6 heteroatoms. The standard InChI is InChI=1S/C13H22F3N3/c1-3-7-19(10-13(14,15)16)8-6-12(2,9-17)18-11-4-5-11/h11,18H,3-8,10H2,1-2H3. The lowest BCUT2D eigenvalue weighted by atomic mass is 9.99. The molecule has 0 aromatic carbocycles. The van der Waals surface area contributed by atoms with Gasteiger partial charge >= 0.3 is 6.18 Å². The quantitative estimate of drug-likeness (QED) is 0.741. The van der Waals surface area contributed by atoms with Gasteiger partial charge in [-0.25, -0.2) is 0 Å². The van der Waals surface area contributed by atoms with Gasteiger partial charge < -0.3 is 0 Å². The Morgan fingerprint density at radius 1 is 1.32 bits per heavy atom. The molecule has 1 saturated carbocycles. The molecule has 1 unspecified atom stereocenters. The lowest BCUT2D eigenvalue weighted by molar-refractivity contribution is -0.146. The summed E-state index contributed by atoms with van der Waals surface area (Å²) in [5, 5.41) is 12.4. The van der Waals surface area contributed by atoms with Gasteiger partial charge in [-0.2, -0.15) is 18.4 Å². The fraction of sp³-hybridized carbons (Fsp3) is 0.923. The van der Waals surface area contributed by atoms with Crippen LogP contribution in [0.25, 0.3) is 0 Å². The van der Waals surface area contributed by atoms with Gasteiger partial charge in [0.25, 0.3) is 0 Å². The van der Waals surface area contributed by atoms with Crippen molar-refractivity contribution in [2.45, 2.75) is 57.3 Å². The molecule has 1 aliphatic rings. The molecule has 19 heavy (non-hydrogen) atoms. The van der Waals surface area contributed by atoms with Gasteiger partial charge in [-0.05, 0) is 39.2 Å². The van der Waals surface area contributed by atoms with Crippen molar-refractivity contribution in [1.82, 2.24) is 10.2 Å². The minimum absolute atomic E-state index is 0.289. The summed E-state index contributed by atoms with van der Waals surface area (Å²) < 4.78 is 37.3. The van der Waals surface area contributed by atoms with Crippen LogP contribution in [0.15, 0.2) is 0 Å². The summed E-state index contributed by atoms with van der Waals surface area (Å²) in [5.41, 5.74) is -0.723. The van der Waals surface area contributed by atoms with E-state index in [1.165, 1.54) is 4.90 Å². The van der Waals surface area contributed by atoms with Crippen LogP contribution < -0.4 is 5.32 Å². The number of nitriles is 1. The maximum Gasteiger partial charge on any atom is 0.401 e. The van der Waals surface area contributed by atoms with Crippen LogP contribution in [0.5, 0.6) is 0 Å². The number of hydrogen-bond acceptors (Lipinski definition) is 3. The molecule has 0 bridgehead atoms. The van der Waals surface area contributed by atoms with E-state index in [9.17, 15) is 18.4 Å². The highest BCUT2D eigenvalue weighted by Gasteiger charge is 2.34. The fourth-order valence-electron chi connectivity index (χ4n) is 2.06. The van der Waals surface area contributed by atoms with Crippen LogP contribution in [0.1, 0.15) is 39.5 Å². The number of halogens is 3. The van der Waals surface area contributed by atoms with E-state index < -0.39 is 18.3 Å². The van der Waals surface area contributed by atoms with Crippen LogP contribution in [-0.2, 0) is 0 Å². The summed E-state index contributed by atoms with van der Waals surface area (Å²) >= 11 is 0. The first-order chi connectivity index (χ1) is 8.78. The molecule has 0 amide bonds. The molecular formula is C13H22F3N3. The number of hydrogen-bond donors (Lipinski definition) is 1. The molecule has 1 aliphatic carbocycles. The highest BCUT2D eigenvalue weighted by Crippen LogP contribution is 2.24. The molecule has 1 fully saturated rings. The first kappa shape index (κ1) is 16.3. The average Bonchev–Trinajstić information content (AvgIpc) is 3.08. The van der Waals surface area contributed by atoms with Crippen LogP contribution in [0, 0.1) is 11.3 Å². The van der Waals surface area contributed by atoms with E-state index >= 15 is 0 Å². The molecular weight excluding hydrogens is 255 g/mol. The Hall–Kier alpha value is -0.800. The molecule has 1 rings (SSSR count). The SMILES string of the molecule is CCCN(CCC(C)(C#N)NC1CC1)CC(F)(F)F. The van der Waals surface area contributed by atoms with Crippen molar-refractivity contribution in [2.24, 2.45) is 0 Å². The van der Waals surface area contributed by atoms with Crippen molar-refractivity contribution in [3.8, 4) is 6.07 Å². The Balaban J connectivity index is 2.46. The minimum atomic E-state index is -4.18. The Kier molecular flexibility index (Phi) is 5.63. The smallest absolute Gasteiger partial charge is 0.297 e. The van der Waals surface area contributed by atoms with Crippen LogP contribution >= 0.6 is 0 Å². The molecule has 1 N–H and O–H groups in total. The zero-order valence-electron chi connectivity index (χ0n) is 11.6. The van der Waals surface area contributed by atoms with Crippen molar-refractivity contribution in [1.29, 1.82) is 5.26 Å². The molecule has 0 radical (unpaired) electrons. The van der Waals surface area contributed by atoms with Gasteiger partial charge in [0, 0.05) is 12.6 Å². The summed E-state index contributed by atoms with van der Waals surface area (Å²) in [7, 11) is 0. The Morgan fingerprint density at radius 3 is 2.37 bits per heavy atom. The predicted octanol–water partition coefficient (Wildman–Crippen LogP) is 2.69. The van der Waals surface area contributed by atoms with E-state index in [1.807, 2.05) is 6.92 Å². The maximum absolute atomic E-state index is 12.4. The monoisotopic (exact) mass is 277 g/mol. The van der Waals surface area contributed by atoms with Gasteiger partial charge in [-0.1, -0.05) is 6.92 Å². The summed E-state index contributed by atoms with van der Waals surface area (Å²) in [6.07, 6.45) is -0.982. The molecule has 3 nitrogen and oxygen atoms in total. The number of nitrogens with one attached hydrogen (secondary N) is 1. The summed E-state index contributed by atoms with van der Waals surface area (Å²) in [6.45, 7) is 3.42. The average molecular weight is 277 g/mol. The molecule has 0 aliphatic heterocycles. The Morgan fingerprint density at radius 2 is 1.95 bits per heavy atom. The lowest BCUT2D eigenvalue weighted by Gasteiger charge is -2.28. The van der Waals surface area contributed by atoms with Gasteiger partial charge in [0.1, 0.15) is 5.54 Å². The second kappa shape index (κ2) is 6.58. The van der Waals surface area contributed by atoms with Gasteiger partial charge in [-0.3, -0.25) is 10.2 Å². The van der Waals surface area contributed by atoms with Crippen LogP contribution in [0.2, 0.25) is 0 Å². The predicted molar refractivity (Wildman–Crippen MR) is 67.6 cm³/mol. The van der Waals surface area contributed by atoms with Gasteiger partial charge in [0.2, 0.25) is 0 Å².